The van der Waals surface area contributed by atoms with E-state index in [0.717, 1.165) is 17.0 Å². The Morgan fingerprint density at radius 3 is 2.20 bits per heavy atom. The maximum Gasteiger partial charge on any atom is 0.329 e. The van der Waals surface area contributed by atoms with Crippen LogP contribution < -0.4 is 10.1 Å². The second-order valence-corrected chi connectivity index (χ2v) is 6.28. The number of hydrogen-bond donors (Lipinski definition) is 1. The maximum atomic E-state index is 12.7. The molecular formula is C21H27NO3. The van der Waals surface area contributed by atoms with Gasteiger partial charge in [0.2, 0.25) is 0 Å². The van der Waals surface area contributed by atoms with E-state index in [-0.39, 0.29) is 17.8 Å². The Kier molecular flexibility index (Phi) is 6.87. The van der Waals surface area contributed by atoms with Gasteiger partial charge >= 0.3 is 5.97 Å². The molecule has 0 aliphatic rings. The van der Waals surface area contributed by atoms with Gasteiger partial charge in [0.15, 0.2) is 0 Å². The summed E-state index contributed by atoms with van der Waals surface area (Å²) in [5, 5.41) is 3.36. The van der Waals surface area contributed by atoms with Crippen molar-refractivity contribution in [3.05, 3.63) is 60.2 Å². The average Bonchev–Trinajstić information content (AvgIpc) is 2.62. The molecule has 4 nitrogen and oxygen atoms in total. The van der Waals surface area contributed by atoms with E-state index >= 15 is 0 Å². The molecule has 1 N–H and O–H groups in total. The number of carbonyl (C=O) groups excluding carboxylic acids is 1. The predicted octanol–water partition coefficient (Wildman–Crippen LogP) is 4.48. The zero-order valence-corrected chi connectivity index (χ0v) is 15.4. The summed E-state index contributed by atoms with van der Waals surface area (Å²) in [4.78, 5) is 12.7. The van der Waals surface area contributed by atoms with Crippen molar-refractivity contribution >= 4 is 11.7 Å². The van der Waals surface area contributed by atoms with Crippen LogP contribution in [0.25, 0.3) is 0 Å². The Morgan fingerprint density at radius 2 is 1.68 bits per heavy atom. The van der Waals surface area contributed by atoms with Gasteiger partial charge in [-0.1, -0.05) is 44.2 Å². The number of anilines is 1. The van der Waals surface area contributed by atoms with E-state index in [9.17, 15) is 4.79 Å². The fourth-order valence-corrected chi connectivity index (χ4v) is 3.03. The molecule has 0 heterocycles. The first-order valence-electron chi connectivity index (χ1n) is 8.69. The highest BCUT2D eigenvalue weighted by Gasteiger charge is 2.33. The molecule has 0 aliphatic carbocycles. The Bertz CT molecular complexity index is 653. The fraction of sp³-hybridized carbons (Fsp3) is 0.381. The molecule has 0 aliphatic heterocycles. The van der Waals surface area contributed by atoms with Crippen LogP contribution in [0.1, 0.15) is 32.3 Å². The third-order valence-corrected chi connectivity index (χ3v) is 4.21. The van der Waals surface area contributed by atoms with Crippen molar-refractivity contribution in [2.24, 2.45) is 5.92 Å². The molecule has 134 valence electrons. The summed E-state index contributed by atoms with van der Waals surface area (Å²) in [6, 6.07) is 17.2. The van der Waals surface area contributed by atoms with Crippen molar-refractivity contribution in [2.45, 2.75) is 32.7 Å². The largest absolute Gasteiger partial charge is 0.497 e. The standard InChI is InChI=1S/C21H27NO3/c1-5-25-21(23)20(22-17-11-13-18(24-4)14-12-17)19(15(2)3)16-9-7-6-8-10-16/h6-15,19-20,22H,5H2,1-4H3/t19-,20-/m0/s1. The molecule has 0 bridgehead atoms. The zero-order valence-electron chi connectivity index (χ0n) is 15.4. The van der Waals surface area contributed by atoms with Gasteiger partial charge in [0.1, 0.15) is 11.8 Å². The second-order valence-electron chi connectivity index (χ2n) is 6.28. The average molecular weight is 341 g/mol. The Morgan fingerprint density at radius 1 is 1.04 bits per heavy atom. The first-order chi connectivity index (χ1) is 12.1. The molecule has 0 unspecified atom stereocenters. The molecule has 25 heavy (non-hydrogen) atoms. The lowest BCUT2D eigenvalue weighted by atomic mass is 9.82. The summed E-state index contributed by atoms with van der Waals surface area (Å²) in [6.07, 6.45) is 0. The molecule has 2 aromatic rings. The second kappa shape index (κ2) is 9.11. The van der Waals surface area contributed by atoms with Gasteiger partial charge in [-0.2, -0.15) is 0 Å². The van der Waals surface area contributed by atoms with Crippen molar-refractivity contribution in [1.82, 2.24) is 0 Å². The highest BCUT2D eigenvalue weighted by molar-refractivity contribution is 5.81. The summed E-state index contributed by atoms with van der Waals surface area (Å²) in [7, 11) is 1.63. The molecule has 0 aromatic heterocycles. The Labute approximate surface area is 150 Å². The molecule has 2 rings (SSSR count). The SMILES string of the molecule is CCOC(=O)[C@@H](Nc1ccc(OC)cc1)[C@H](c1ccccc1)C(C)C. The smallest absolute Gasteiger partial charge is 0.329 e. The van der Waals surface area contributed by atoms with Crippen LogP contribution in [0.5, 0.6) is 5.75 Å². The monoisotopic (exact) mass is 341 g/mol. The minimum absolute atomic E-state index is 0.00218. The fourth-order valence-electron chi connectivity index (χ4n) is 3.03. The van der Waals surface area contributed by atoms with Gasteiger partial charge in [0.25, 0.3) is 0 Å². The summed E-state index contributed by atoms with van der Waals surface area (Å²) >= 11 is 0. The Hall–Kier alpha value is -2.49. The van der Waals surface area contributed by atoms with Gasteiger partial charge in [-0.3, -0.25) is 0 Å². The van der Waals surface area contributed by atoms with Gasteiger partial charge in [-0.05, 0) is 42.7 Å². The van der Waals surface area contributed by atoms with Crippen molar-refractivity contribution in [1.29, 1.82) is 0 Å². The lowest BCUT2D eigenvalue weighted by Gasteiger charge is -2.30. The summed E-state index contributed by atoms with van der Waals surface area (Å²) in [5.74, 6) is 0.812. The Balaban J connectivity index is 2.33. The number of methoxy groups -OCH3 is 1. The highest BCUT2D eigenvalue weighted by atomic mass is 16.5. The number of ether oxygens (including phenoxy) is 2. The molecule has 0 fully saturated rings. The minimum Gasteiger partial charge on any atom is -0.497 e. The van der Waals surface area contributed by atoms with Crippen molar-refractivity contribution < 1.29 is 14.3 Å². The number of nitrogens with one attached hydrogen (secondary N) is 1. The molecular weight excluding hydrogens is 314 g/mol. The molecule has 0 amide bonds. The van der Waals surface area contributed by atoms with E-state index in [1.54, 1.807) is 7.11 Å². The number of rotatable bonds is 8. The van der Waals surface area contributed by atoms with Crippen LogP contribution in [0.3, 0.4) is 0 Å². The van der Waals surface area contributed by atoms with E-state index in [0.29, 0.717) is 6.61 Å². The highest BCUT2D eigenvalue weighted by Crippen LogP contribution is 2.31. The number of carbonyl (C=O) groups is 1. The van der Waals surface area contributed by atoms with Gasteiger partial charge in [0, 0.05) is 11.6 Å². The zero-order chi connectivity index (χ0) is 18.2. The van der Waals surface area contributed by atoms with Gasteiger partial charge < -0.3 is 14.8 Å². The van der Waals surface area contributed by atoms with E-state index < -0.39 is 6.04 Å². The summed E-state index contributed by atoms with van der Waals surface area (Å²) in [5.41, 5.74) is 1.98. The molecule has 0 radical (unpaired) electrons. The minimum atomic E-state index is -0.462. The number of hydrogen-bond acceptors (Lipinski definition) is 4. The first kappa shape index (κ1) is 18.8. The lowest BCUT2D eigenvalue weighted by molar-refractivity contribution is -0.144. The molecule has 0 saturated heterocycles. The number of esters is 1. The third-order valence-electron chi connectivity index (χ3n) is 4.21. The quantitative estimate of drug-likeness (QED) is 0.719. The van der Waals surface area contributed by atoms with E-state index in [1.807, 2.05) is 49.4 Å². The first-order valence-corrected chi connectivity index (χ1v) is 8.69. The van der Waals surface area contributed by atoms with Crippen LogP contribution >= 0.6 is 0 Å². The van der Waals surface area contributed by atoms with E-state index in [4.69, 9.17) is 9.47 Å². The van der Waals surface area contributed by atoms with Crippen molar-refractivity contribution in [3.8, 4) is 5.75 Å². The van der Waals surface area contributed by atoms with Gasteiger partial charge in [-0.15, -0.1) is 0 Å². The van der Waals surface area contributed by atoms with Crippen molar-refractivity contribution in [3.63, 3.8) is 0 Å². The van der Waals surface area contributed by atoms with Crippen LogP contribution in [-0.2, 0) is 9.53 Å². The van der Waals surface area contributed by atoms with Crippen molar-refractivity contribution in [2.75, 3.05) is 19.0 Å². The summed E-state index contributed by atoms with van der Waals surface area (Å²) < 4.78 is 10.5. The molecule has 0 saturated carbocycles. The predicted molar refractivity (Wildman–Crippen MR) is 101 cm³/mol. The van der Waals surface area contributed by atoms with E-state index in [1.165, 1.54) is 0 Å². The lowest BCUT2D eigenvalue weighted by Crippen LogP contribution is -2.39. The van der Waals surface area contributed by atoms with Crippen LogP contribution in [0.2, 0.25) is 0 Å². The molecule has 2 aromatic carbocycles. The third kappa shape index (κ3) is 4.99. The molecule has 0 spiro atoms. The van der Waals surface area contributed by atoms with Crippen LogP contribution in [0, 0.1) is 5.92 Å². The topological polar surface area (TPSA) is 47.6 Å². The summed E-state index contributed by atoms with van der Waals surface area (Å²) in [6.45, 7) is 6.44. The normalized spacial score (nSPS) is 13.2. The van der Waals surface area contributed by atoms with Gasteiger partial charge in [-0.25, -0.2) is 4.79 Å². The van der Waals surface area contributed by atoms with Crippen LogP contribution in [0.15, 0.2) is 54.6 Å². The van der Waals surface area contributed by atoms with Crippen LogP contribution in [-0.4, -0.2) is 25.7 Å². The van der Waals surface area contributed by atoms with Crippen LogP contribution in [0.4, 0.5) is 5.69 Å². The van der Waals surface area contributed by atoms with Gasteiger partial charge in [0.05, 0.1) is 13.7 Å². The molecule has 4 heteroatoms. The molecule has 2 atom stereocenters. The number of benzene rings is 2. The van der Waals surface area contributed by atoms with E-state index in [2.05, 4.69) is 31.3 Å². The maximum absolute atomic E-state index is 12.7.